The molecule has 1 aliphatic heterocycles. The zero-order chi connectivity index (χ0) is 20.3. The van der Waals surface area contributed by atoms with E-state index < -0.39 is 0 Å². The highest BCUT2D eigenvalue weighted by Crippen LogP contribution is 2.29. The molecule has 2 atom stereocenters. The summed E-state index contributed by atoms with van der Waals surface area (Å²) in [6.07, 6.45) is 0.422. The molecule has 29 heavy (non-hydrogen) atoms. The van der Waals surface area contributed by atoms with Crippen molar-refractivity contribution in [2.24, 2.45) is 11.7 Å². The summed E-state index contributed by atoms with van der Waals surface area (Å²) >= 11 is 6.29. The van der Waals surface area contributed by atoms with Crippen molar-refractivity contribution in [3.05, 3.63) is 64.7 Å². The third-order valence-electron chi connectivity index (χ3n) is 4.95. The molecule has 3 rings (SSSR count). The highest BCUT2D eigenvalue weighted by atomic mass is 35.5. The summed E-state index contributed by atoms with van der Waals surface area (Å²) in [6.45, 7) is 4.98. The van der Waals surface area contributed by atoms with Crippen LogP contribution in [-0.4, -0.2) is 35.8 Å². The molecule has 1 aliphatic rings. The molecule has 156 valence electrons. The van der Waals surface area contributed by atoms with E-state index in [9.17, 15) is 9.59 Å². The molecule has 0 unspecified atom stereocenters. The quantitative estimate of drug-likeness (QED) is 0.734. The fourth-order valence-corrected chi connectivity index (χ4v) is 3.77. The van der Waals surface area contributed by atoms with E-state index in [2.05, 4.69) is 5.32 Å². The van der Waals surface area contributed by atoms with E-state index in [1.807, 2.05) is 44.2 Å². The van der Waals surface area contributed by atoms with Crippen molar-refractivity contribution < 1.29 is 9.59 Å². The summed E-state index contributed by atoms with van der Waals surface area (Å²) in [5.74, 6) is 0.106. The van der Waals surface area contributed by atoms with Gasteiger partial charge in [0.25, 0.3) is 5.91 Å². The summed E-state index contributed by atoms with van der Waals surface area (Å²) in [5, 5.41) is 3.20. The van der Waals surface area contributed by atoms with Crippen LogP contribution in [0, 0.1) is 5.92 Å². The summed E-state index contributed by atoms with van der Waals surface area (Å²) in [5.41, 5.74) is 8.39. The average molecular weight is 436 g/mol. The molecule has 1 saturated heterocycles. The molecule has 0 aromatic heterocycles. The van der Waals surface area contributed by atoms with Crippen LogP contribution in [0.5, 0.6) is 0 Å². The third kappa shape index (κ3) is 5.72. The van der Waals surface area contributed by atoms with Crippen LogP contribution in [0.3, 0.4) is 0 Å². The molecule has 1 fully saturated rings. The first-order chi connectivity index (χ1) is 13.3. The maximum Gasteiger partial charge on any atom is 0.255 e. The number of halogens is 2. The van der Waals surface area contributed by atoms with Crippen molar-refractivity contribution in [2.45, 2.75) is 32.2 Å². The normalized spacial score (nSPS) is 18.4. The van der Waals surface area contributed by atoms with Crippen molar-refractivity contribution in [1.82, 2.24) is 4.90 Å². The number of anilines is 1. The Morgan fingerprint density at radius 1 is 1.17 bits per heavy atom. The van der Waals surface area contributed by atoms with Gasteiger partial charge in [-0.05, 0) is 29.7 Å². The molecule has 0 radical (unpaired) electrons. The Bertz CT molecular complexity index is 858. The van der Waals surface area contributed by atoms with Gasteiger partial charge < -0.3 is 16.0 Å². The summed E-state index contributed by atoms with van der Waals surface area (Å²) < 4.78 is 0. The van der Waals surface area contributed by atoms with Crippen LogP contribution in [0.2, 0.25) is 5.02 Å². The van der Waals surface area contributed by atoms with Gasteiger partial charge in [0.05, 0.1) is 10.6 Å². The van der Waals surface area contributed by atoms with Gasteiger partial charge in [0.1, 0.15) is 0 Å². The fourth-order valence-electron chi connectivity index (χ4n) is 3.57. The lowest BCUT2D eigenvalue weighted by Gasteiger charge is -2.18. The van der Waals surface area contributed by atoms with E-state index in [-0.39, 0.29) is 42.1 Å². The molecule has 0 bridgehead atoms. The fraction of sp³-hybridized carbons (Fsp3) is 0.364. The zero-order valence-electron chi connectivity index (χ0n) is 16.6. The van der Waals surface area contributed by atoms with Crippen molar-refractivity contribution >= 4 is 41.5 Å². The number of nitrogens with one attached hydrogen (secondary N) is 1. The standard InChI is InChI=1S/C22H26ClN3O2.ClH/c1-14(2)10-21(27)25-16-8-9-19(23)17(11-16)22(28)26-12-18(20(24)13-26)15-6-4-3-5-7-15;/h3-9,11,14,18,20H,10,12-13,24H2,1-2H3,(H,25,27);1H/t18-,20+;/m0./s1. The number of carbonyl (C=O) groups is 2. The Kier molecular flexibility index (Phi) is 8.08. The van der Waals surface area contributed by atoms with E-state index in [1.165, 1.54) is 0 Å². The smallest absolute Gasteiger partial charge is 0.255 e. The largest absolute Gasteiger partial charge is 0.336 e. The first kappa shape index (κ1) is 23.2. The SMILES string of the molecule is CC(C)CC(=O)Nc1ccc(Cl)c(C(=O)N2C[C@@H](N)[C@H](c3ccccc3)C2)c1.Cl. The van der Waals surface area contributed by atoms with Crippen molar-refractivity contribution in [3.63, 3.8) is 0 Å². The summed E-state index contributed by atoms with van der Waals surface area (Å²) in [6, 6.07) is 14.9. The number of nitrogens with zero attached hydrogens (tertiary/aromatic N) is 1. The van der Waals surface area contributed by atoms with E-state index in [0.717, 1.165) is 5.56 Å². The Balaban J connectivity index is 0.00000300. The molecular formula is C22H27Cl2N3O2. The monoisotopic (exact) mass is 435 g/mol. The first-order valence-electron chi connectivity index (χ1n) is 9.54. The van der Waals surface area contributed by atoms with Gasteiger partial charge in [-0.1, -0.05) is 55.8 Å². The van der Waals surface area contributed by atoms with Crippen LogP contribution in [0.15, 0.2) is 48.5 Å². The maximum absolute atomic E-state index is 13.1. The molecule has 3 N–H and O–H groups in total. The molecular weight excluding hydrogens is 409 g/mol. The van der Waals surface area contributed by atoms with Gasteiger partial charge in [0.15, 0.2) is 0 Å². The Hall–Kier alpha value is -2.08. The highest BCUT2D eigenvalue weighted by Gasteiger charge is 2.34. The molecule has 0 saturated carbocycles. The predicted molar refractivity (Wildman–Crippen MR) is 120 cm³/mol. The number of rotatable bonds is 5. The summed E-state index contributed by atoms with van der Waals surface area (Å²) in [7, 11) is 0. The molecule has 0 aliphatic carbocycles. The summed E-state index contributed by atoms with van der Waals surface area (Å²) in [4.78, 5) is 26.9. The molecule has 2 aromatic carbocycles. The lowest BCUT2D eigenvalue weighted by Crippen LogP contribution is -2.32. The van der Waals surface area contributed by atoms with Crippen LogP contribution in [0.25, 0.3) is 0 Å². The predicted octanol–water partition coefficient (Wildman–Crippen LogP) is 4.31. The highest BCUT2D eigenvalue weighted by molar-refractivity contribution is 6.34. The second-order valence-electron chi connectivity index (χ2n) is 7.73. The maximum atomic E-state index is 13.1. The van der Waals surface area contributed by atoms with Gasteiger partial charge in [-0.25, -0.2) is 0 Å². The molecule has 1 heterocycles. The number of hydrogen-bond donors (Lipinski definition) is 2. The number of carbonyl (C=O) groups excluding carboxylic acids is 2. The van der Waals surface area contributed by atoms with Gasteiger partial charge in [0.2, 0.25) is 5.91 Å². The Labute approximate surface area is 183 Å². The number of amides is 2. The molecule has 2 aromatic rings. The van der Waals surface area contributed by atoms with Crippen molar-refractivity contribution in [3.8, 4) is 0 Å². The second-order valence-corrected chi connectivity index (χ2v) is 8.14. The Morgan fingerprint density at radius 3 is 2.52 bits per heavy atom. The van der Waals surface area contributed by atoms with Crippen LogP contribution >= 0.6 is 24.0 Å². The van der Waals surface area contributed by atoms with Crippen LogP contribution in [0.4, 0.5) is 5.69 Å². The van der Waals surface area contributed by atoms with Crippen molar-refractivity contribution in [1.29, 1.82) is 0 Å². The number of benzene rings is 2. The number of nitrogens with two attached hydrogens (primary N) is 1. The van der Waals surface area contributed by atoms with Crippen molar-refractivity contribution in [2.75, 3.05) is 18.4 Å². The zero-order valence-corrected chi connectivity index (χ0v) is 18.2. The molecule has 7 heteroatoms. The van der Waals surface area contributed by atoms with Crippen LogP contribution < -0.4 is 11.1 Å². The Morgan fingerprint density at radius 2 is 1.86 bits per heavy atom. The van der Waals surface area contributed by atoms with Gasteiger partial charge in [-0.2, -0.15) is 0 Å². The minimum absolute atomic E-state index is 0. The van der Waals surface area contributed by atoms with E-state index in [0.29, 0.717) is 35.8 Å². The van der Waals surface area contributed by atoms with Gasteiger partial charge in [-0.15, -0.1) is 12.4 Å². The lowest BCUT2D eigenvalue weighted by atomic mass is 9.95. The minimum Gasteiger partial charge on any atom is -0.336 e. The molecule has 0 spiro atoms. The van der Waals surface area contributed by atoms with Gasteiger partial charge in [-0.3, -0.25) is 9.59 Å². The second kappa shape index (κ2) is 10.1. The first-order valence-corrected chi connectivity index (χ1v) is 9.92. The molecule has 5 nitrogen and oxygen atoms in total. The lowest BCUT2D eigenvalue weighted by molar-refractivity contribution is -0.116. The topological polar surface area (TPSA) is 75.4 Å². The minimum atomic E-state index is -0.168. The molecule has 2 amide bonds. The van der Waals surface area contributed by atoms with Gasteiger partial charge in [0, 0.05) is 37.2 Å². The van der Waals surface area contributed by atoms with Crippen LogP contribution in [0.1, 0.15) is 42.1 Å². The number of hydrogen-bond acceptors (Lipinski definition) is 3. The third-order valence-corrected chi connectivity index (χ3v) is 5.28. The van der Waals surface area contributed by atoms with Gasteiger partial charge >= 0.3 is 0 Å². The average Bonchev–Trinajstić information content (AvgIpc) is 3.04. The number of likely N-dealkylation sites (tertiary alicyclic amines) is 1. The van der Waals surface area contributed by atoms with Crippen LogP contribution in [-0.2, 0) is 4.79 Å². The van der Waals surface area contributed by atoms with E-state index in [4.69, 9.17) is 17.3 Å². The van der Waals surface area contributed by atoms with E-state index >= 15 is 0 Å². The van der Waals surface area contributed by atoms with E-state index in [1.54, 1.807) is 23.1 Å².